The molecular formula is C16H25N3O. The normalized spacial score (nSPS) is 38.5. The zero-order valence-electron chi connectivity index (χ0n) is 12.1. The summed E-state index contributed by atoms with van der Waals surface area (Å²) in [6.07, 6.45) is 11.9. The van der Waals surface area contributed by atoms with E-state index in [2.05, 4.69) is 16.0 Å². The van der Waals surface area contributed by atoms with Crippen LogP contribution < -0.4 is 11.3 Å². The highest BCUT2D eigenvalue weighted by molar-refractivity contribution is 5.11. The van der Waals surface area contributed by atoms with Gasteiger partial charge in [-0.2, -0.15) is 0 Å². The molecule has 20 heavy (non-hydrogen) atoms. The maximum atomic E-state index is 12.1. The fourth-order valence-corrected chi connectivity index (χ4v) is 5.51. The molecule has 0 aliphatic heterocycles. The van der Waals surface area contributed by atoms with Gasteiger partial charge in [0.05, 0.1) is 5.54 Å². The summed E-state index contributed by atoms with van der Waals surface area (Å²) in [5, 5.41) is 3.13. The molecule has 4 heteroatoms. The van der Waals surface area contributed by atoms with Gasteiger partial charge in [0.15, 0.2) is 0 Å². The minimum atomic E-state index is 0.106. The number of hydrogen-bond acceptors (Lipinski definition) is 2. The Morgan fingerprint density at radius 2 is 1.80 bits per heavy atom. The number of aromatic amines is 1. The summed E-state index contributed by atoms with van der Waals surface area (Å²) in [4.78, 5) is 12.1. The van der Waals surface area contributed by atoms with Crippen LogP contribution in [0.4, 0.5) is 0 Å². The first-order valence-electron chi connectivity index (χ1n) is 8.19. The highest BCUT2D eigenvalue weighted by atomic mass is 16.1. The van der Waals surface area contributed by atoms with Crippen molar-refractivity contribution in [3.63, 3.8) is 0 Å². The Labute approximate surface area is 119 Å². The molecule has 4 bridgehead atoms. The quantitative estimate of drug-likeness (QED) is 0.882. The fourth-order valence-electron chi connectivity index (χ4n) is 5.51. The van der Waals surface area contributed by atoms with Crippen LogP contribution in [0.25, 0.3) is 0 Å². The Hall–Kier alpha value is -1.03. The number of aromatic nitrogens is 2. The van der Waals surface area contributed by atoms with E-state index in [9.17, 15) is 4.79 Å². The van der Waals surface area contributed by atoms with Crippen LogP contribution in [0.1, 0.15) is 50.5 Å². The summed E-state index contributed by atoms with van der Waals surface area (Å²) in [6, 6.07) is 0. The molecule has 4 aliphatic rings. The van der Waals surface area contributed by atoms with Gasteiger partial charge in [-0.05, 0) is 75.7 Å². The van der Waals surface area contributed by atoms with Crippen molar-refractivity contribution in [3.05, 3.63) is 22.1 Å². The van der Waals surface area contributed by atoms with E-state index in [1.807, 2.05) is 0 Å². The van der Waals surface area contributed by atoms with Crippen molar-refractivity contribution in [2.45, 2.75) is 56.9 Å². The van der Waals surface area contributed by atoms with E-state index >= 15 is 0 Å². The number of nitrogens with zero attached hydrogens (tertiary/aromatic N) is 1. The summed E-state index contributed by atoms with van der Waals surface area (Å²) >= 11 is 0. The second-order valence-electron chi connectivity index (χ2n) is 7.50. The minimum absolute atomic E-state index is 0.106. The zero-order valence-corrected chi connectivity index (χ0v) is 12.1. The Morgan fingerprint density at radius 1 is 1.20 bits per heavy atom. The van der Waals surface area contributed by atoms with Crippen molar-refractivity contribution in [3.8, 4) is 0 Å². The van der Waals surface area contributed by atoms with Gasteiger partial charge in [0.1, 0.15) is 0 Å². The second kappa shape index (κ2) is 4.48. The average molecular weight is 275 g/mol. The molecule has 0 aromatic carbocycles. The van der Waals surface area contributed by atoms with Crippen LogP contribution in [0.2, 0.25) is 0 Å². The smallest absolute Gasteiger partial charge is 0.267 e. The molecule has 0 atom stereocenters. The molecule has 0 unspecified atom stereocenters. The van der Waals surface area contributed by atoms with Gasteiger partial charge in [-0.1, -0.05) is 0 Å². The van der Waals surface area contributed by atoms with E-state index in [0.29, 0.717) is 6.54 Å². The molecule has 5 rings (SSSR count). The lowest BCUT2D eigenvalue weighted by Crippen LogP contribution is -2.52. The molecule has 0 radical (unpaired) electrons. The summed E-state index contributed by atoms with van der Waals surface area (Å²) < 4.78 is 2.20. The Kier molecular flexibility index (Phi) is 2.85. The molecule has 1 aromatic rings. The highest BCUT2D eigenvalue weighted by Gasteiger charge is 2.52. The van der Waals surface area contributed by atoms with Gasteiger partial charge >= 0.3 is 0 Å². The Balaban J connectivity index is 1.65. The first-order chi connectivity index (χ1) is 9.68. The molecule has 0 amide bonds. The molecule has 1 heterocycles. The van der Waals surface area contributed by atoms with Crippen LogP contribution in [0, 0.1) is 17.8 Å². The van der Waals surface area contributed by atoms with Crippen molar-refractivity contribution >= 4 is 0 Å². The van der Waals surface area contributed by atoms with Gasteiger partial charge < -0.3 is 5.73 Å². The predicted octanol–water partition coefficient (Wildman–Crippen LogP) is 1.99. The predicted molar refractivity (Wildman–Crippen MR) is 78.6 cm³/mol. The standard InChI is InChI=1S/C16H25N3O/c17-3-1-2-14-10-19(18-15(14)20)16-7-11-4-12(8-16)6-13(5-11)9-16/h10-13H,1-9,17H2,(H,18,20). The number of aryl methyl sites for hydroxylation is 1. The van der Waals surface area contributed by atoms with Crippen LogP contribution in [-0.4, -0.2) is 16.3 Å². The van der Waals surface area contributed by atoms with Crippen molar-refractivity contribution in [2.75, 3.05) is 6.54 Å². The van der Waals surface area contributed by atoms with E-state index in [4.69, 9.17) is 5.73 Å². The van der Waals surface area contributed by atoms with Crippen molar-refractivity contribution in [1.29, 1.82) is 0 Å². The Morgan fingerprint density at radius 3 is 2.35 bits per heavy atom. The van der Waals surface area contributed by atoms with Gasteiger partial charge in [-0.25, -0.2) is 0 Å². The third-order valence-corrected chi connectivity index (χ3v) is 5.97. The molecule has 4 saturated carbocycles. The van der Waals surface area contributed by atoms with Crippen molar-refractivity contribution < 1.29 is 0 Å². The monoisotopic (exact) mass is 275 g/mol. The number of nitrogens with one attached hydrogen (secondary N) is 1. The lowest BCUT2D eigenvalue weighted by Gasteiger charge is -2.56. The SMILES string of the molecule is NCCCc1cn(C23CC4CC(CC(C4)C2)C3)[nH]c1=O. The van der Waals surface area contributed by atoms with E-state index in [1.54, 1.807) is 0 Å². The van der Waals surface area contributed by atoms with Crippen LogP contribution in [0.3, 0.4) is 0 Å². The third kappa shape index (κ3) is 1.88. The summed E-state index contributed by atoms with van der Waals surface area (Å²) in [7, 11) is 0. The molecule has 1 aromatic heterocycles. The maximum Gasteiger partial charge on any atom is 0.267 e. The van der Waals surface area contributed by atoms with E-state index in [0.717, 1.165) is 36.2 Å². The fraction of sp³-hybridized carbons (Fsp3) is 0.812. The van der Waals surface area contributed by atoms with Gasteiger partial charge in [-0.15, -0.1) is 0 Å². The molecule has 0 saturated heterocycles. The summed E-state index contributed by atoms with van der Waals surface area (Å²) in [5.74, 6) is 2.71. The Bertz CT molecular complexity index is 521. The van der Waals surface area contributed by atoms with Crippen LogP contribution in [0.15, 0.2) is 11.0 Å². The van der Waals surface area contributed by atoms with Gasteiger partial charge in [-0.3, -0.25) is 14.6 Å². The molecular weight excluding hydrogens is 250 g/mol. The maximum absolute atomic E-state index is 12.1. The minimum Gasteiger partial charge on any atom is -0.330 e. The van der Waals surface area contributed by atoms with E-state index in [-0.39, 0.29) is 11.1 Å². The van der Waals surface area contributed by atoms with Crippen LogP contribution in [-0.2, 0) is 12.0 Å². The first-order valence-corrected chi connectivity index (χ1v) is 8.19. The number of hydrogen-bond donors (Lipinski definition) is 2. The summed E-state index contributed by atoms with van der Waals surface area (Å²) in [5.41, 5.74) is 6.82. The largest absolute Gasteiger partial charge is 0.330 e. The zero-order chi connectivity index (χ0) is 13.7. The average Bonchev–Trinajstić information content (AvgIpc) is 2.77. The van der Waals surface area contributed by atoms with Crippen LogP contribution in [0.5, 0.6) is 0 Å². The number of rotatable bonds is 4. The summed E-state index contributed by atoms with van der Waals surface area (Å²) in [6.45, 7) is 0.655. The molecule has 3 N–H and O–H groups in total. The molecule has 4 nitrogen and oxygen atoms in total. The topological polar surface area (TPSA) is 63.8 Å². The lowest BCUT2D eigenvalue weighted by atomic mass is 9.53. The lowest BCUT2D eigenvalue weighted by molar-refractivity contribution is -0.0496. The van der Waals surface area contributed by atoms with Crippen molar-refractivity contribution in [1.82, 2.24) is 9.78 Å². The van der Waals surface area contributed by atoms with Gasteiger partial charge in [0, 0.05) is 11.8 Å². The van der Waals surface area contributed by atoms with E-state index in [1.165, 1.54) is 38.5 Å². The number of H-pyrrole nitrogens is 1. The van der Waals surface area contributed by atoms with Gasteiger partial charge in [0.25, 0.3) is 5.56 Å². The van der Waals surface area contributed by atoms with Gasteiger partial charge in [0.2, 0.25) is 0 Å². The molecule has 110 valence electrons. The first kappa shape index (κ1) is 12.7. The molecule has 0 spiro atoms. The molecule has 4 aliphatic carbocycles. The number of nitrogens with two attached hydrogens (primary N) is 1. The second-order valence-corrected chi connectivity index (χ2v) is 7.50. The van der Waals surface area contributed by atoms with E-state index < -0.39 is 0 Å². The molecule has 4 fully saturated rings. The highest BCUT2D eigenvalue weighted by Crippen LogP contribution is 2.58. The third-order valence-electron chi connectivity index (χ3n) is 5.97. The van der Waals surface area contributed by atoms with Crippen molar-refractivity contribution in [2.24, 2.45) is 23.5 Å². The van der Waals surface area contributed by atoms with Crippen LogP contribution >= 0.6 is 0 Å².